The first-order chi connectivity index (χ1) is 13.1. The fraction of sp³-hybridized carbons (Fsp3) is 0.100. The van der Waals surface area contributed by atoms with E-state index in [1.807, 2.05) is 0 Å². The van der Waals surface area contributed by atoms with Crippen molar-refractivity contribution in [1.82, 2.24) is 5.32 Å². The molecule has 0 atom stereocenters. The molecule has 0 bridgehead atoms. The minimum absolute atomic E-state index is 0.00327. The number of nitrogens with one attached hydrogen (secondary N) is 1. The van der Waals surface area contributed by atoms with Gasteiger partial charge in [0.2, 0.25) is 6.79 Å². The average molecular weight is 430 g/mol. The average Bonchev–Trinajstić information content (AvgIpc) is 3.13. The molecule has 1 amide bonds. The molecule has 1 heterocycles. The van der Waals surface area contributed by atoms with Gasteiger partial charge in [-0.1, -0.05) is 30.9 Å². The van der Waals surface area contributed by atoms with E-state index in [2.05, 4.69) is 27.8 Å². The molecule has 1 N–H and O–H groups in total. The molecule has 0 unspecified atom stereocenters. The van der Waals surface area contributed by atoms with Gasteiger partial charge in [-0.2, -0.15) is 0 Å². The van der Waals surface area contributed by atoms with Crippen LogP contribution in [-0.4, -0.2) is 25.3 Å². The van der Waals surface area contributed by atoms with Crippen molar-refractivity contribution in [3.05, 3.63) is 76.4 Å². The number of fused-ring (bicyclic) bond motifs is 1. The first kappa shape index (κ1) is 18.7. The number of halogens is 1. The molecule has 0 saturated heterocycles. The van der Waals surface area contributed by atoms with E-state index in [9.17, 15) is 9.59 Å². The first-order valence-electron chi connectivity index (χ1n) is 8.03. The van der Waals surface area contributed by atoms with E-state index in [4.69, 9.17) is 14.2 Å². The predicted octanol–water partition coefficient (Wildman–Crippen LogP) is 3.68. The zero-order valence-electron chi connectivity index (χ0n) is 14.2. The van der Waals surface area contributed by atoms with Gasteiger partial charge < -0.3 is 19.5 Å². The number of ether oxygens (including phenoxy) is 3. The summed E-state index contributed by atoms with van der Waals surface area (Å²) >= 11 is 3.33. The number of carbonyl (C=O) groups is 2. The van der Waals surface area contributed by atoms with Crippen molar-refractivity contribution in [3.63, 3.8) is 0 Å². The highest BCUT2D eigenvalue weighted by Gasteiger charge is 2.18. The molecule has 27 heavy (non-hydrogen) atoms. The van der Waals surface area contributed by atoms with Crippen LogP contribution in [0.4, 0.5) is 0 Å². The van der Waals surface area contributed by atoms with Gasteiger partial charge in [-0.25, -0.2) is 4.79 Å². The van der Waals surface area contributed by atoms with Gasteiger partial charge in [-0.15, -0.1) is 0 Å². The third kappa shape index (κ3) is 4.57. The minimum atomic E-state index is -0.673. The van der Waals surface area contributed by atoms with Crippen LogP contribution in [-0.2, 0) is 9.53 Å². The highest BCUT2D eigenvalue weighted by molar-refractivity contribution is 9.10. The van der Waals surface area contributed by atoms with Crippen molar-refractivity contribution in [3.8, 4) is 11.5 Å². The Bertz CT molecular complexity index is 922. The first-order valence-corrected chi connectivity index (χ1v) is 8.83. The zero-order valence-corrected chi connectivity index (χ0v) is 15.8. The molecule has 6 nitrogen and oxygen atoms in total. The lowest BCUT2D eigenvalue weighted by atomic mass is 10.1. The topological polar surface area (TPSA) is 73.9 Å². The number of esters is 1. The van der Waals surface area contributed by atoms with Crippen molar-refractivity contribution in [2.24, 2.45) is 0 Å². The highest BCUT2D eigenvalue weighted by Crippen LogP contribution is 2.33. The standard InChI is InChI=1S/C20H16BrNO5/c1-2-9-25-20(24)16(22-19(23)14-5-3-4-6-15(14)21)10-13-7-8-17-18(11-13)27-12-26-17/h2-8,10-11H,1,9,12H2,(H,22,23)/b16-10+. The Hall–Kier alpha value is -3.06. The van der Waals surface area contributed by atoms with Crippen molar-refractivity contribution in [2.75, 3.05) is 13.4 Å². The third-order valence-corrected chi connectivity index (χ3v) is 4.32. The normalized spacial score (nSPS) is 12.4. The van der Waals surface area contributed by atoms with Gasteiger partial charge in [0.1, 0.15) is 12.3 Å². The second kappa shape index (κ2) is 8.55. The Morgan fingerprint density at radius 2 is 1.96 bits per heavy atom. The lowest BCUT2D eigenvalue weighted by Gasteiger charge is -2.11. The molecule has 0 aromatic heterocycles. The number of benzene rings is 2. The van der Waals surface area contributed by atoms with Gasteiger partial charge in [-0.05, 0) is 51.8 Å². The quantitative estimate of drug-likeness (QED) is 0.430. The number of amides is 1. The maximum absolute atomic E-state index is 12.6. The molecular formula is C20H16BrNO5. The van der Waals surface area contributed by atoms with Gasteiger partial charge in [0.15, 0.2) is 11.5 Å². The Labute approximate surface area is 164 Å². The van der Waals surface area contributed by atoms with E-state index in [-0.39, 0.29) is 19.1 Å². The summed E-state index contributed by atoms with van der Waals surface area (Å²) in [5, 5.41) is 2.61. The van der Waals surface area contributed by atoms with Crippen LogP contribution in [0.25, 0.3) is 6.08 Å². The molecule has 0 aliphatic carbocycles. The molecule has 3 rings (SSSR count). The van der Waals surface area contributed by atoms with Crippen LogP contribution in [0.15, 0.2) is 65.3 Å². The summed E-state index contributed by atoms with van der Waals surface area (Å²) in [5.41, 5.74) is 1.04. The van der Waals surface area contributed by atoms with Gasteiger partial charge in [0.25, 0.3) is 5.91 Å². The van der Waals surface area contributed by atoms with E-state index in [0.717, 1.165) is 0 Å². The Balaban J connectivity index is 1.88. The lowest BCUT2D eigenvalue weighted by molar-refractivity contribution is -0.138. The molecule has 2 aromatic rings. The van der Waals surface area contributed by atoms with Gasteiger partial charge in [0.05, 0.1) is 5.56 Å². The monoisotopic (exact) mass is 429 g/mol. The largest absolute Gasteiger partial charge is 0.457 e. The van der Waals surface area contributed by atoms with E-state index >= 15 is 0 Å². The summed E-state index contributed by atoms with van der Waals surface area (Å²) < 4.78 is 16.3. The van der Waals surface area contributed by atoms with E-state index in [1.54, 1.807) is 42.5 Å². The lowest BCUT2D eigenvalue weighted by Crippen LogP contribution is -2.28. The molecule has 7 heteroatoms. The van der Waals surface area contributed by atoms with Crippen molar-refractivity contribution in [1.29, 1.82) is 0 Å². The van der Waals surface area contributed by atoms with E-state index in [1.165, 1.54) is 12.2 Å². The molecule has 1 aliphatic rings. The summed E-state index contributed by atoms with van der Waals surface area (Å²) in [6.45, 7) is 3.69. The summed E-state index contributed by atoms with van der Waals surface area (Å²) in [6.07, 6.45) is 2.97. The summed E-state index contributed by atoms with van der Waals surface area (Å²) in [6, 6.07) is 12.1. The van der Waals surface area contributed by atoms with Crippen molar-refractivity contribution in [2.45, 2.75) is 0 Å². The second-order valence-corrected chi connectivity index (χ2v) is 6.35. The predicted molar refractivity (Wildman–Crippen MR) is 103 cm³/mol. The van der Waals surface area contributed by atoms with E-state index < -0.39 is 11.9 Å². The van der Waals surface area contributed by atoms with Gasteiger partial charge in [-0.3, -0.25) is 4.79 Å². The fourth-order valence-corrected chi connectivity index (χ4v) is 2.83. The Morgan fingerprint density at radius 3 is 2.74 bits per heavy atom. The number of rotatable bonds is 6. The second-order valence-electron chi connectivity index (χ2n) is 5.49. The summed E-state index contributed by atoms with van der Waals surface area (Å²) in [7, 11) is 0. The van der Waals surface area contributed by atoms with Crippen LogP contribution < -0.4 is 14.8 Å². The van der Waals surface area contributed by atoms with E-state index in [0.29, 0.717) is 27.1 Å². The molecule has 138 valence electrons. The van der Waals surface area contributed by atoms with Crippen LogP contribution in [0.3, 0.4) is 0 Å². The smallest absolute Gasteiger partial charge is 0.355 e. The molecule has 0 spiro atoms. The highest BCUT2D eigenvalue weighted by atomic mass is 79.9. The summed E-state index contributed by atoms with van der Waals surface area (Å²) in [5.74, 6) is 0.0814. The zero-order chi connectivity index (χ0) is 19.2. The van der Waals surface area contributed by atoms with Crippen LogP contribution in [0.1, 0.15) is 15.9 Å². The minimum Gasteiger partial charge on any atom is -0.457 e. The van der Waals surface area contributed by atoms with Crippen molar-refractivity contribution < 1.29 is 23.8 Å². The number of carbonyl (C=O) groups excluding carboxylic acids is 2. The van der Waals surface area contributed by atoms with Crippen LogP contribution >= 0.6 is 15.9 Å². The molecule has 0 fully saturated rings. The summed E-state index contributed by atoms with van der Waals surface area (Å²) in [4.78, 5) is 24.9. The Kier molecular flexibility index (Phi) is 5.93. The maximum Gasteiger partial charge on any atom is 0.355 e. The molecule has 2 aromatic carbocycles. The molecule has 1 aliphatic heterocycles. The van der Waals surface area contributed by atoms with Crippen LogP contribution in [0.5, 0.6) is 11.5 Å². The van der Waals surface area contributed by atoms with Crippen molar-refractivity contribution >= 4 is 33.9 Å². The van der Waals surface area contributed by atoms with Crippen LogP contribution in [0, 0.1) is 0 Å². The maximum atomic E-state index is 12.6. The van der Waals surface area contributed by atoms with Gasteiger partial charge >= 0.3 is 5.97 Å². The third-order valence-electron chi connectivity index (χ3n) is 3.63. The molecular weight excluding hydrogens is 414 g/mol. The molecule has 0 radical (unpaired) electrons. The SMILES string of the molecule is C=CCOC(=O)/C(=C\c1ccc2c(c1)OCO2)NC(=O)c1ccccc1Br. The number of hydrogen-bond donors (Lipinski definition) is 1. The van der Waals surface area contributed by atoms with Crippen LogP contribution in [0.2, 0.25) is 0 Å². The molecule has 0 saturated carbocycles. The number of hydrogen-bond acceptors (Lipinski definition) is 5. The fourth-order valence-electron chi connectivity index (χ4n) is 2.36. The Morgan fingerprint density at radius 1 is 1.19 bits per heavy atom. The van der Waals surface area contributed by atoms with Gasteiger partial charge in [0, 0.05) is 4.47 Å².